The molecule has 0 amide bonds. The van der Waals surface area contributed by atoms with Crippen molar-refractivity contribution >= 4 is 6.29 Å². The molecule has 0 bridgehead atoms. The van der Waals surface area contributed by atoms with E-state index in [4.69, 9.17) is 0 Å². The van der Waals surface area contributed by atoms with Crippen LogP contribution in [0.1, 0.15) is 21.7 Å². The Morgan fingerprint density at radius 2 is 2.29 bits per heavy atom. The molecule has 0 aliphatic rings. The summed E-state index contributed by atoms with van der Waals surface area (Å²) in [5.41, 5.74) is 3.65. The molecule has 0 atom stereocenters. The Morgan fingerprint density at radius 1 is 1.50 bits per heavy atom. The first kappa shape index (κ1) is 8.74. The Bertz CT molecular complexity index is 454. The van der Waals surface area contributed by atoms with Crippen LogP contribution < -0.4 is 0 Å². The van der Waals surface area contributed by atoms with E-state index in [0.29, 0.717) is 0 Å². The summed E-state index contributed by atoms with van der Waals surface area (Å²) in [5.74, 6) is 0. The minimum Gasteiger partial charge on any atom is -0.315 e. The first-order valence-corrected chi connectivity index (χ1v) is 4.37. The molecule has 2 rings (SSSR count). The van der Waals surface area contributed by atoms with Crippen LogP contribution >= 0.6 is 0 Å². The van der Waals surface area contributed by atoms with Gasteiger partial charge in [0, 0.05) is 23.1 Å². The van der Waals surface area contributed by atoms with Crippen LogP contribution in [0.4, 0.5) is 0 Å². The fourth-order valence-electron chi connectivity index (χ4n) is 1.67. The quantitative estimate of drug-likeness (QED) is 0.730. The number of nitrogens with one attached hydrogen (secondary N) is 1. The van der Waals surface area contributed by atoms with Crippen LogP contribution in [-0.4, -0.2) is 21.1 Å². The standard InChI is InChI=1S/C10H11N3O/c1-7-3-9(6-14)8(2)13(7)10-4-11-12-5-10/h3-6H,1-2H3,(H,11,12). The highest BCUT2D eigenvalue weighted by Crippen LogP contribution is 2.18. The monoisotopic (exact) mass is 189 g/mol. The lowest BCUT2D eigenvalue weighted by Gasteiger charge is -2.04. The average molecular weight is 189 g/mol. The van der Waals surface area contributed by atoms with Gasteiger partial charge in [-0.25, -0.2) is 0 Å². The molecule has 1 N–H and O–H groups in total. The molecule has 0 unspecified atom stereocenters. The highest BCUT2D eigenvalue weighted by molar-refractivity contribution is 5.77. The molecule has 4 heteroatoms. The van der Waals surface area contributed by atoms with Crippen molar-refractivity contribution in [1.29, 1.82) is 0 Å². The number of aromatic nitrogens is 3. The van der Waals surface area contributed by atoms with E-state index in [-0.39, 0.29) is 0 Å². The number of hydrogen-bond donors (Lipinski definition) is 1. The minimum atomic E-state index is 0.726. The maximum Gasteiger partial charge on any atom is 0.151 e. The van der Waals surface area contributed by atoms with Crippen molar-refractivity contribution in [2.45, 2.75) is 13.8 Å². The van der Waals surface area contributed by atoms with Gasteiger partial charge < -0.3 is 4.57 Å². The van der Waals surface area contributed by atoms with E-state index in [2.05, 4.69) is 10.2 Å². The molecule has 0 fully saturated rings. The van der Waals surface area contributed by atoms with Gasteiger partial charge in [-0.15, -0.1) is 0 Å². The van der Waals surface area contributed by atoms with Gasteiger partial charge in [0.1, 0.15) is 0 Å². The van der Waals surface area contributed by atoms with E-state index in [1.165, 1.54) is 0 Å². The molecule has 0 aliphatic carbocycles. The van der Waals surface area contributed by atoms with Crippen molar-refractivity contribution in [2.75, 3.05) is 0 Å². The van der Waals surface area contributed by atoms with Crippen molar-refractivity contribution in [3.63, 3.8) is 0 Å². The van der Waals surface area contributed by atoms with Gasteiger partial charge in [0.2, 0.25) is 0 Å². The molecular weight excluding hydrogens is 178 g/mol. The molecule has 0 radical (unpaired) electrons. The van der Waals surface area contributed by atoms with Gasteiger partial charge in [-0.1, -0.05) is 0 Å². The number of aryl methyl sites for hydroxylation is 1. The third kappa shape index (κ3) is 1.16. The summed E-state index contributed by atoms with van der Waals surface area (Å²) in [6.45, 7) is 3.89. The van der Waals surface area contributed by atoms with Gasteiger partial charge in [0.15, 0.2) is 6.29 Å². The minimum absolute atomic E-state index is 0.726. The molecule has 2 heterocycles. The van der Waals surface area contributed by atoms with Gasteiger partial charge in [0.25, 0.3) is 0 Å². The smallest absolute Gasteiger partial charge is 0.151 e. The van der Waals surface area contributed by atoms with Crippen molar-refractivity contribution in [1.82, 2.24) is 14.8 Å². The first-order valence-electron chi connectivity index (χ1n) is 4.37. The van der Waals surface area contributed by atoms with E-state index < -0.39 is 0 Å². The number of nitrogens with zero attached hydrogens (tertiary/aromatic N) is 2. The molecular formula is C10H11N3O. The SMILES string of the molecule is Cc1cc(C=O)c(C)n1-c1cn[nH]c1. The summed E-state index contributed by atoms with van der Waals surface area (Å²) >= 11 is 0. The fraction of sp³-hybridized carbons (Fsp3) is 0.200. The van der Waals surface area contributed by atoms with E-state index in [1.807, 2.05) is 24.5 Å². The molecule has 4 nitrogen and oxygen atoms in total. The van der Waals surface area contributed by atoms with Gasteiger partial charge in [-0.3, -0.25) is 9.89 Å². The van der Waals surface area contributed by atoms with Crippen LogP contribution in [-0.2, 0) is 0 Å². The number of carbonyl (C=O) groups excluding carboxylic acids is 1. The zero-order valence-electron chi connectivity index (χ0n) is 8.11. The van der Waals surface area contributed by atoms with Crippen molar-refractivity contribution in [3.8, 4) is 5.69 Å². The topological polar surface area (TPSA) is 50.7 Å². The molecule has 0 aliphatic heterocycles. The predicted molar refractivity (Wildman–Crippen MR) is 52.8 cm³/mol. The highest BCUT2D eigenvalue weighted by atomic mass is 16.1. The zero-order valence-corrected chi connectivity index (χ0v) is 8.11. The molecule has 0 spiro atoms. The lowest BCUT2D eigenvalue weighted by atomic mass is 10.3. The molecule has 14 heavy (non-hydrogen) atoms. The lowest BCUT2D eigenvalue weighted by Crippen LogP contribution is -1.97. The van der Waals surface area contributed by atoms with E-state index in [9.17, 15) is 4.79 Å². The number of aromatic amines is 1. The Morgan fingerprint density at radius 3 is 2.79 bits per heavy atom. The van der Waals surface area contributed by atoms with Crippen LogP contribution in [0.25, 0.3) is 5.69 Å². The van der Waals surface area contributed by atoms with Gasteiger partial charge >= 0.3 is 0 Å². The Kier molecular flexibility index (Phi) is 1.96. The second-order valence-corrected chi connectivity index (χ2v) is 3.24. The second kappa shape index (κ2) is 3.14. The third-order valence-electron chi connectivity index (χ3n) is 2.34. The van der Waals surface area contributed by atoms with E-state index >= 15 is 0 Å². The first-order chi connectivity index (χ1) is 6.74. The molecule has 0 aromatic carbocycles. The summed E-state index contributed by atoms with van der Waals surface area (Å²) < 4.78 is 1.99. The fourth-order valence-corrected chi connectivity index (χ4v) is 1.67. The average Bonchev–Trinajstić information content (AvgIpc) is 2.74. The van der Waals surface area contributed by atoms with Crippen LogP contribution in [0.2, 0.25) is 0 Å². The largest absolute Gasteiger partial charge is 0.315 e. The van der Waals surface area contributed by atoms with Gasteiger partial charge in [-0.2, -0.15) is 5.10 Å². The summed E-state index contributed by atoms with van der Waals surface area (Å²) in [6, 6.07) is 1.87. The summed E-state index contributed by atoms with van der Waals surface area (Å²) in [5, 5.41) is 6.63. The molecule has 0 saturated carbocycles. The van der Waals surface area contributed by atoms with Gasteiger partial charge in [-0.05, 0) is 19.9 Å². The highest BCUT2D eigenvalue weighted by Gasteiger charge is 2.09. The molecule has 2 aromatic heterocycles. The summed E-state index contributed by atoms with van der Waals surface area (Å²) in [6.07, 6.45) is 4.40. The lowest BCUT2D eigenvalue weighted by molar-refractivity contribution is 0.112. The van der Waals surface area contributed by atoms with E-state index in [0.717, 1.165) is 28.9 Å². The third-order valence-corrected chi connectivity index (χ3v) is 2.34. The number of rotatable bonds is 2. The van der Waals surface area contributed by atoms with Crippen LogP contribution in [0.3, 0.4) is 0 Å². The maximum absolute atomic E-state index is 10.7. The normalized spacial score (nSPS) is 10.4. The summed E-state index contributed by atoms with van der Waals surface area (Å²) in [4.78, 5) is 10.7. The van der Waals surface area contributed by atoms with Gasteiger partial charge in [0.05, 0.1) is 11.9 Å². The van der Waals surface area contributed by atoms with Crippen molar-refractivity contribution in [2.24, 2.45) is 0 Å². The number of hydrogen-bond acceptors (Lipinski definition) is 2. The summed E-state index contributed by atoms with van der Waals surface area (Å²) in [7, 11) is 0. The zero-order chi connectivity index (χ0) is 10.1. The predicted octanol–water partition coefficient (Wildman–Crippen LogP) is 1.63. The Balaban J connectivity index is 2.64. The Labute approximate surface area is 81.6 Å². The number of carbonyl (C=O) groups is 1. The van der Waals surface area contributed by atoms with E-state index in [1.54, 1.807) is 12.4 Å². The number of aldehydes is 1. The van der Waals surface area contributed by atoms with Crippen LogP contribution in [0.15, 0.2) is 18.5 Å². The van der Waals surface area contributed by atoms with Crippen LogP contribution in [0.5, 0.6) is 0 Å². The molecule has 2 aromatic rings. The van der Waals surface area contributed by atoms with Crippen molar-refractivity contribution < 1.29 is 4.79 Å². The molecule has 72 valence electrons. The second-order valence-electron chi connectivity index (χ2n) is 3.24. The molecule has 0 saturated heterocycles. The number of H-pyrrole nitrogens is 1. The van der Waals surface area contributed by atoms with Crippen molar-refractivity contribution in [3.05, 3.63) is 35.4 Å². The Hall–Kier alpha value is -1.84. The maximum atomic E-state index is 10.7. The van der Waals surface area contributed by atoms with Crippen LogP contribution in [0, 0.1) is 13.8 Å².